The van der Waals surface area contributed by atoms with E-state index >= 15 is 0 Å². The van der Waals surface area contributed by atoms with Crippen molar-refractivity contribution in [3.05, 3.63) is 56.4 Å². The number of rotatable bonds is 7. The molecule has 0 aliphatic rings. The lowest BCUT2D eigenvalue weighted by Crippen LogP contribution is -2.25. The Morgan fingerprint density at radius 2 is 2.11 bits per heavy atom. The Bertz CT molecular complexity index is 1070. The summed E-state index contributed by atoms with van der Waals surface area (Å²) in [5.41, 5.74) is 2.84. The summed E-state index contributed by atoms with van der Waals surface area (Å²) in [5, 5.41) is 3.51. The van der Waals surface area contributed by atoms with Crippen LogP contribution in [0.4, 0.5) is 0 Å². The third kappa shape index (κ3) is 3.94. The molecule has 0 unspecified atom stereocenters. The summed E-state index contributed by atoms with van der Waals surface area (Å²) in [6.45, 7) is 6.98. The maximum atomic E-state index is 12.7. The first-order chi connectivity index (χ1) is 13.5. The van der Waals surface area contributed by atoms with Gasteiger partial charge in [-0.25, -0.2) is 4.98 Å². The Hall–Kier alpha value is -2.67. The Kier molecular flexibility index (Phi) is 6.14. The fourth-order valence-corrected chi connectivity index (χ4v) is 4.33. The summed E-state index contributed by atoms with van der Waals surface area (Å²) in [5.74, 6) is 0.696. The first kappa shape index (κ1) is 20.1. The smallest absolute Gasteiger partial charge is 0.262 e. The maximum absolute atomic E-state index is 12.7. The molecule has 0 fully saturated rings. The van der Waals surface area contributed by atoms with Gasteiger partial charge in [0.1, 0.15) is 10.6 Å². The fraction of sp³-hybridized carbons (Fsp3) is 0.381. The summed E-state index contributed by atoms with van der Waals surface area (Å²) in [7, 11) is 1.65. The number of carbonyl (C=O) groups is 1. The van der Waals surface area contributed by atoms with E-state index in [-0.39, 0.29) is 11.5 Å². The third-order valence-electron chi connectivity index (χ3n) is 4.75. The molecule has 1 aromatic carbocycles. The topological polar surface area (TPSA) is 73.2 Å². The molecule has 0 aliphatic carbocycles. The second-order valence-corrected chi connectivity index (χ2v) is 7.79. The highest BCUT2D eigenvalue weighted by Gasteiger charge is 2.19. The molecular formula is C21H25N3O3S. The highest BCUT2D eigenvalue weighted by atomic mass is 32.1. The van der Waals surface area contributed by atoms with E-state index < -0.39 is 0 Å². The number of nitrogens with zero attached hydrogens (tertiary/aromatic N) is 2. The Labute approximate surface area is 168 Å². The molecule has 0 atom stereocenters. The zero-order chi connectivity index (χ0) is 20.3. The Balaban J connectivity index is 1.73. The molecule has 148 valence electrons. The quantitative estimate of drug-likeness (QED) is 0.660. The molecule has 2 aromatic heterocycles. The molecule has 3 aromatic rings. The van der Waals surface area contributed by atoms with E-state index in [0.717, 1.165) is 29.7 Å². The van der Waals surface area contributed by atoms with E-state index in [1.165, 1.54) is 11.3 Å². The molecule has 0 saturated heterocycles. The summed E-state index contributed by atoms with van der Waals surface area (Å²) in [4.78, 5) is 30.8. The molecule has 6 nitrogen and oxygen atoms in total. The summed E-state index contributed by atoms with van der Waals surface area (Å²) < 4.78 is 6.88. The average molecular weight is 400 g/mol. The summed E-state index contributed by atoms with van der Waals surface area (Å²) in [6.07, 6.45) is 3.15. The molecule has 28 heavy (non-hydrogen) atoms. The van der Waals surface area contributed by atoms with Crippen molar-refractivity contribution >= 4 is 27.5 Å². The van der Waals surface area contributed by atoms with Gasteiger partial charge in [-0.05, 0) is 49.4 Å². The van der Waals surface area contributed by atoms with E-state index in [4.69, 9.17) is 4.74 Å². The minimum Gasteiger partial charge on any atom is -0.496 e. The van der Waals surface area contributed by atoms with Gasteiger partial charge in [0.15, 0.2) is 0 Å². The van der Waals surface area contributed by atoms with Crippen molar-refractivity contribution < 1.29 is 9.53 Å². The first-order valence-corrected chi connectivity index (χ1v) is 10.2. The van der Waals surface area contributed by atoms with E-state index in [9.17, 15) is 9.59 Å². The van der Waals surface area contributed by atoms with Gasteiger partial charge < -0.3 is 10.1 Å². The van der Waals surface area contributed by atoms with Crippen LogP contribution in [0.2, 0.25) is 0 Å². The first-order valence-electron chi connectivity index (χ1n) is 9.36. The van der Waals surface area contributed by atoms with Crippen LogP contribution in [0.25, 0.3) is 10.2 Å². The average Bonchev–Trinajstić information content (AvgIpc) is 3.01. The zero-order valence-electron chi connectivity index (χ0n) is 16.7. The highest BCUT2D eigenvalue weighted by molar-refractivity contribution is 7.20. The molecular weight excluding hydrogens is 374 g/mol. The number of benzene rings is 1. The number of methoxy groups -OCH3 is 1. The lowest BCUT2D eigenvalue weighted by Gasteiger charge is -2.08. The standard InChI is InChI=1S/C21H25N3O3S/c1-5-10-24-12-23-20-17(21(24)26)14(3)18(28-20)19(25)22-9-8-15-6-7-16(27-4)13(2)11-15/h6-7,11-12H,5,8-10H2,1-4H3,(H,22,25). The van der Waals surface area contributed by atoms with Crippen LogP contribution in [-0.4, -0.2) is 29.1 Å². The second-order valence-electron chi connectivity index (χ2n) is 6.79. The van der Waals surface area contributed by atoms with Crippen molar-refractivity contribution in [3.8, 4) is 5.75 Å². The van der Waals surface area contributed by atoms with Crippen LogP contribution in [0.5, 0.6) is 5.75 Å². The Morgan fingerprint density at radius 3 is 2.79 bits per heavy atom. The van der Waals surface area contributed by atoms with Crippen LogP contribution in [0, 0.1) is 13.8 Å². The van der Waals surface area contributed by atoms with Gasteiger partial charge in [0, 0.05) is 13.1 Å². The second kappa shape index (κ2) is 8.56. The molecule has 0 saturated carbocycles. The number of aromatic nitrogens is 2. The number of ether oxygens (including phenoxy) is 1. The van der Waals surface area contributed by atoms with Crippen molar-refractivity contribution in [3.63, 3.8) is 0 Å². The SMILES string of the molecule is CCCn1cnc2sc(C(=O)NCCc3ccc(OC)c(C)c3)c(C)c2c1=O. The molecule has 7 heteroatoms. The van der Waals surface area contributed by atoms with Crippen LogP contribution in [0.1, 0.15) is 39.7 Å². The zero-order valence-corrected chi connectivity index (χ0v) is 17.5. The lowest BCUT2D eigenvalue weighted by atomic mass is 10.1. The molecule has 0 spiro atoms. The number of nitrogens with one attached hydrogen (secondary N) is 1. The van der Waals surface area contributed by atoms with Crippen molar-refractivity contribution in [2.75, 3.05) is 13.7 Å². The minimum atomic E-state index is -0.160. The van der Waals surface area contributed by atoms with Gasteiger partial charge in [-0.3, -0.25) is 14.2 Å². The van der Waals surface area contributed by atoms with Gasteiger partial charge in [-0.15, -0.1) is 11.3 Å². The van der Waals surface area contributed by atoms with Gasteiger partial charge in [-0.1, -0.05) is 19.1 Å². The molecule has 3 rings (SSSR count). The minimum absolute atomic E-state index is 0.0756. The van der Waals surface area contributed by atoms with Gasteiger partial charge in [0.2, 0.25) is 0 Å². The molecule has 1 N–H and O–H groups in total. The predicted molar refractivity (Wildman–Crippen MR) is 113 cm³/mol. The molecule has 2 heterocycles. The largest absolute Gasteiger partial charge is 0.496 e. The monoisotopic (exact) mass is 399 g/mol. The van der Waals surface area contributed by atoms with Crippen LogP contribution in [0.15, 0.2) is 29.3 Å². The van der Waals surface area contributed by atoms with E-state index in [2.05, 4.69) is 16.4 Å². The molecule has 1 amide bonds. The number of amides is 1. The normalized spacial score (nSPS) is 11.0. The van der Waals surface area contributed by atoms with Gasteiger partial charge >= 0.3 is 0 Å². The van der Waals surface area contributed by atoms with E-state index in [0.29, 0.717) is 33.7 Å². The van der Waals surface area contributed by atoms with Gasteiger partial charge in [0.25, 0.3) is 11.5 Å². The van der Waals surface area contributed by atoms with Gasteiger partial charge in [-0.2, -0.15) is 0 Å². The molecule has 0 aliphatic heterocycles. The fourth-order valence-electron chi connectivity index (χ4n) is 3.27. The third-order valence-corrected chi connectivity index (χ3v) is 5.95. The van der Waals surface area contributed by atoms with Gasteiger partial charge in [0.05, 0.1) is 23.7 Å². The number of thiophene rings is 1. The molecule has 0 bridgehead atoms. The summed E-state index contributed by atoms with van der Waals surface area (Å²) >= 11 is 1.27. The summed E-state index contributed by atoms with van der Waals surface area (Å²) in [6, 6.07) is 6.01. The highest BCUT2D eigenvalue weighted by Crippen LogP contribution is 2.26. The van der Waals surface area contributed by atoms with E-state index in [1.54, 1.807) is 18.0 Å². The number of hydrogen-bond donors (Lipinski definition) is 1. The predicted octanol–water partition coefficient (Wildman–Crippen LogP) is 3.47. The van der Waals surface area contributed by atoms with Crippen LogP contribution in [0.3, 0.4) is 0 Å². The number of fused-ring (bicyclic) bond motifs is 1. The number of aryl methyl sites for hydroxylation is 3. The van der Waals surface area contributed by atoms with Crippen molar-refractivity contribution in [2.24, 2.45) is 0 Å². The Morgan fingerprint density at radius 1 is 1.32 bits per heavy atom. The lowest BCUT2D eigenvalue weighted by molar-refractivity contribution is 0.0957. The number of hydrogen-bond acceptors (Lipinski definition) is 5. The van der Waals surface area contributed by atoms with Crippen LogP contribution < -0.4 is 15.6 Å². The van der Waals surface area contributed by atoms with Crippen molar-refractivity contribution in [2.45, 2.75) is 40.2 Å². The molecule has 0 radical (unpaired) electrons. The van der Waals surface area contributed by atoms with Crippen LogP contribution >= 0.6 is 11.3 Å². The van der Waals surface area contributed by atoms with E-state index in [1.807, 2.05) is 32.9 Å². The maximum Gasteiger partial charge on any atom is 0.262 e. The number of carbonyl (C=O) groups excluding carboxylic acids is 1. The van der Waals surface area contributed by atoms with Crippen LogP contribution in [-0.2, 0) is 13.0 Å². The van der Waals surface area contributed by atoms with Crippen molar-refractivity contribution in [1.29, 1.82) is 0 Å². The van der Waals surface area contributed by atoms with Crippen molar-refractivity contribution in [1.82, 2.24) is 14.9 Å².